The van der Waals surface area contributed by atoms with Gasteiger partial charge in [-0.1, -0.05) is 40.9 Å². The van der Waals surface area contributed by atoms with Gasteiger partial charge in [-0.3, -0.25) is 0 Å². The first-order valence-electron chi connectivity index (χ1n) is 23.0. The first-order chi connectivity index (χ1) is 30.5. The van der Waals surface area contributed by atoms with E-state index in [1.807, 2.05) is 6.07 Å². The lowest BCUT2D eigenvalue weighted by Crippen LogP contribution is -2.50. The molecule has 13 nitrogen and oxygen atoms in total. The van der Waals surface area contributed by atoms with E-state index >= 15 is 0 Å². The molecule has 2 aliphatic carbocycles. The summed E-state index contributed by atoms with van der Waals surface area (Å²) in [7, 11) is 4.31. The molecule has 352 valence electrons. The number of fused-ring (bicyclic) bond motifs is 3. The van der Waals surface area contributed by atoms with Crippen LogP contribution in [0.3, 0.4) is 0 Å². The zero-order chi connectivity index (χ0) is 44.9. The Hall–Kier alpha value is -2.62. The summed E-state index contributed by atoms with van der Waals surface area (Å²) in [5, 5.41) is 88.7. The van der Waals surface area contributed by atoms with Crippen LogP contribution in [0.2, 0.25) is 0 Å². The minimum Gasteiger partial charge on any atom is -0.504 e. The van der Waals surface area contributed by atoms with Crippen molar-refractivity contribution in [3.05, 3.63) is 41.0 Å². The molecule has 15 heteroatoms. The molecular weight excluding hydrogens is 847 g/mol. The van der Waals surface area contributed by atoms with E-state index < -0.39 is 37.8 Å². The predicted molar refractivity (Wildman–Crippen MR) is 245 cm³/mol. The Bertz CT molecular complexity index is 1810. The van der Waals surface area contributed by atoms with Gasteiger partial charge in [0.25, 0.3) is 0 Å². The van der Waals surface area contributed by atoms with Gasteiger partial charge in [0, 0.05) is 48.5 Å². The van der Waals surface area contributed by atoms with E-state index in [-0.39, 0.29) is 71.6 Å². The van der Waals surface area contributed by atoms with Gasteiger partial charge in [-0.2, -0.15) is 0 Å². The van der Waals surface area contributed by atoms with Crippen molar-refractivity contribution in [2.24, 2.45) is 35.0 Å². The number of phenolic OH excluding ortho intramolecular Hbond substituents is 2. The first-order valence-corrected chi connectivity index (χ1v) is 25.4. The minimum atomic E-state index is -1.07. The summed E-state index contributed by atoms with van der Waals surface area (Å²) in [4.78, 5) is 0. The fraction of sp³-hybridized carbons (Fsp3) is 0.708. The normalized spacial score (nSPS) is 31.9. The van der Waals surface area contributed by atoms with Crippen molar-refractivity contribution in [3.63, 3.8) is 0 Å². The van der Waals surface area contributed by atoms with Gasteiger partial charge in [0.2, 0.25) is 5.75 Å². The third-order valence-electron chi connectivity index (χ3n) is 14.1. The van der Waals surface area contributed by atoms with Crippen LogP contribution in [0.1, 0.15) is 106 Å². The molecule has 2 saturated carbocycles. The van der Waals surface area contributed by atoms with Crippen LogP contribution in [0.25, 0.3) is 0 Å². The van der Waals surface area contributed by atoms with E-state index in [1.165, 1.54) is 35.1 Å². The fourth-order valence-corrected chi connectivity index (χ4v) is 13.9. The molecule has 2 heterocycles. The molecule has 0 unspecified atom stereocenters. The number of hydrogen-bond acceptors (Lipinski definition) is 15. The van der Waals surface area contributed by atoms with Crippen LogP contribution in [-0.2, 0) is 17.6 Å². The van der Waals surface area contributed by atoms with Crippen LogP contribution in [0, 0.1) is 46.8 Å². The Morgan fingerprint density at radius 2 is 1.70 bits per heavy atom. The Kier molecular flexibility index (Phi) is 19.2. The van der Waals surface area contributed by atoms with E-state index in [2.05, 4.69) is 24.1 Å². The molecule has 2 aromatic rings. The molecule has 6 rings (SSSR count). The number of methoxy groups -OCH3 is 1. The molecule has 0 amide bonds. The summed E-state index contributed by atoms with van der Waals surface area (Å²) in [6, 6.07) is 6.82. The van der Waals surface area contributed by atoms with Gasteiger partial charge in [-0.05, 0) is 148 Å². The Morgan fingerprint density at radius 3 is 2.46 bits per heavy atom. The van der Waals surface area contributed by atoms with Gasteiger partial charge in [0.05, 0.1) is 31.5 Å². The fourth-order valence-electron chi connectivity index (χ4n) is 11.0. The SMILES string of the molecule is COc1cc(C[C@H]2[C@H](O)C[C@@H](OCO)CCc3cc(O[C@H]4CC[C@H]5CNCCC#C[C@@]6(C[C@@H](C)CC[C@@H]6CCCO)[C@@H]5C4)c(O)cc3[C@H](CCO)SSC[C@@H]2O)cc(OCO)c1O. The van der Waals surface area contributed by atoms with Crippen molar-refractivity contribution in [3.8, 4) is 40.6 Å². The number of aryl methyl sites for hydroxylation is 1. The first kappa shape index (κ1) is 49.8. The lowest BCUT2D eigenvalue weighted by Gasteiger charge is -2.53. The van der Waals surface area contributed by atoms with E-state index in [0.29, 0.717) is 54.2 Å². The maximum atomic E-state index is 11.8. The number of hydrogen-bond donors (Lipinski definition) is 9. The summed E-state index contributed by atoms with van der Waals surface area (Å²) in [6.07, 6.45) is 7.26. The molecule has 0 aromatic heterocycles. The Labute approximate surface area is 381 Å². The third-order valence-corrected chi connectivity index (χ3v) is 17.0. The minimum absolute atomic E-state index is 0.00306. The average Bonchev–Trinajstić information content (AvgIpc) is 3.35. The van der Waals surface area contributed by atoms with E-state index in [1.54, 1.807) is 18.2 Å². The second kappa shape index (κ2) is 24.2. The highest BCUT2D eigenvalue weighted by atomic mass is 33.1. The van der Waals surface area contributed by atoms with Gasteiger partial charge in [0.15, 0.2) is 29.8 Å². The Morgan fingerprint density at radius 1 is 0.873 bits per heavy atom. The molecule has 2 fully saturated rings. The van der Waals surface area contributed by atoms with Gasteiger partial charge in [-0.15, -0.1) is 5.92 Å². The molecule has 63 heavy (non-hydrogen) atoms. The van der Waals surface area contributed by atoms with Gasteiger partial charge in [0.1, 0.15) is 6.79 Å². The van der Waals surface area contributed by atoms with Crippen LogP contribution in [0.4, 0.5) is 0 Å². The summed E-state index contributed by atoms with van der Waals surface area (Å²) in [5.41, 5.74) is 2.19. The van der Waals surface area contributed by atoms with E-state index in [4.69, 9.17) is 18.9 Å². The third kappa shape index (κ3) is 12.6. The van der Waals surface area contributed by atoms with Crippen LogP contribution >= 0.6 is 21.6 Å². The van der Waals surface area contributed by atoms with Gasteiger partial charge < -0.3 is 65.1 Å². The number of aliphatic hydroxyl groups excluding tert-OH is 6. The quantitative estimate of drug-likeness (QED) is 0.0619. The molecule has 2 aliphatic heterocycles. The number of ether oxygens (including phenoxy) is 4. The van der Waals surface area contributed by atoms with Gasteiger partial charge in [-0.25, -0.2) is 0 Å². The van der Waals surface area contributed by atoms with Crippen molar-refractivity contribution in [2.75, 3.05) is 52.8 Å². The van der Waals surface area contributed by atoms with Crippen LogP contribution < -0.4 is 19.5 Å². The van der Waals surface area contributed by atoms with Crippen LogP contribution in [0.5, 0.6) is 28.7 Å². The lowest BCUT2D eigenvalue weighted by molar-refractivity contribution is -0.0808. The van der Waals surface area contributed by atoms with Crippen LogP contribution in [0.15, 0.2) is 24.3 Å². The summed E-state index contributed by atoms with van der Waals surface area (Å²) < 4.78 is 23.3. The number of phenols is 2. The molecule has 1 spiro atoms. The van der Waals surface area contributed by atoms with Crippen LogP contribution in [-0.4, -0.2) is 118 Å². The van der Waals surface area contributed by atoms with Crippen molar-refractivity contribution in [1.29, 1.82) is 0 Å². The molecule has 0 radical (unpaired) electrons. The smallest absolute Gasteiger partial charge is 0.200 e. The van der Waals surface area contributed by atoms with E-state index in [0.717, 1.165) is 75.6 Å². The van der Waals surface area contributed by atoms with Gasteiger partial charge >= 0.3 is 0 Å². The zero-order valence-electron chi connectivity index (χ0n) is 37.0. The monoisotopic (exact) mass is 917 g/mol. The highest BCUT2D eigenvalue weighted by Crippen LogP contribution is 2.56. The molecule has 0 saturated heterocycles. The standard InChI is InChI=1S/C48H71NO12S2/c1-30-7-10-34(6-5-16-50)48(25-30)14-3-4-15-49-26-33-9-12-36(22-39(33)48)61-43-21-32-8-11-35(59-28-52)23-40(54)38(18-31-19-44(58-2)47(57)45(20-31)60-29-53)42(56)27-62-63-46(13-17-51)37(32)24-41(43)55/h19-21,24,30,33-36,38-40,42,46,49-57H,4-13,15-18,22-23,25-29H2,1-2H3/t30-,33-,34-,35-,36-,38-,39+,40+,42-,46-,48-/m0/s1. The second-order valence-electron chi connectivity index (χ2n) is 18.2. The summed E-state index contributed by atoms with van der Waals surface area (Å²) >= 11 is 0. The molecule has 11 atom stereocenters. The zero-order valence-corrected chi connectivity index (χ0v) is 38.6. The molecular formula is C48H71NO12S2. The average molecular weight is 918 g/mol. The number of nitrogens with one attached hydrogen (secondary N) is 1. The largest absolute Gasteiger partial charge is 0.504 e. The highest BCUT2D eigenvalue weighted by molar-refractivity contribution is 8.76. The van der Waals surface area contributed by atoms with Crippen molar-refractivity contribution in [2.45, 2.75) is 126 Å². The van der Waals surface area contributed by atoms with Crippen molar-refractivity contribution < 1.29 is 59.8 Å². The van der Waals surface area contributed by atoms with Crippen molar-refractivity contribution in [1.82, 2.24) is 5.32 Å². The summed E-state index contributed by atoms with van der Waals surface area (Å²) in [6.45, 7) is 3.01. The Balaban J connectivity index is 1.27. The number of aromatic hydroxyl groups is 2. The number of rotatable bonds is 14. The second-order valence-corrected chi connectivity index (χ2v) is 20.8. The van der Waals surface area contributed by atoms with E-state index in [9.17, 15) is 40.9 Å². The molecule has 0 bridgehead atoms. The predicted octanol–water partition coefficient (Wildman–Crippen LogP) is 5.85. The lowest BCUT2D eigenvalue weighted by atomic mass is 9.51. The molecule has 2 aromatic carbocycles. The summed E-state index contributed by atoms with van der Waals surface area (Å²) in [5.74, 6) is 9.01. The highest BCUT2D eigenvalue weighted by Gasteiger charge is 2.52. The maximum absolute atomic E-state index is 11.8. The molecule has 9 N–H and O–H groups in total. The van der Waals surface area contributed by atoms with Crippen molar-refractivity contribution >= 4 is 21.6 Å². The number of benzene rings is 2. The number of aliphatic hydroxyl groups is 6. The topological polar surface area (TPSA) is 211 Å². The maximum Gasteiger partial charge on any atom is 0.200 e. The molecule has 4 aliphatic rings.